The fraction of sp³-hybridized carbons (Fsp3) is 0.692. The Hall–Kier alpha value is -1.77. The summed E-state index contributed by atoms with van der Waals surface area (Å²) in [6.45, 7) is 5.16. The number of hydrogen-bond acceptors (Lipinski definition) is 6. The Kier molecular flexibility index (Phi) is 6.66. The van der Waals surface area contributed by atoms with E-state index >= 15 is 0 Å². The van der Waals surface area contributed by atoms with Crippen LogP contribution in [-0.2, 0) is 22.3 Å². The lowest BCUT2D eigenvalue weighted by atomic mass is 10.2. The number of rotatable bonds is 7. The number of carboxylic acid groups (broad SMARTS) is 1. The van der Waals surface area contributed by atoms with Gasteiger partial charge in [0.05, 0.1) is 5.75 Å². The summed E-state index contributed by atoms with van der Waals surface area (Å²) in [6.07, 6.45) is 1.19. The lowest BCUT2D eigenvalue weighted by molar-refractivity contribution is -0.139. The van der Waals surface area contributed by atoms with Gasteiger partial charge in [-0.3, -0.25) is 0 Å². The minimum absolute atomic E-state index is 0.303. The third-order valence-electron chi connectivity index (χ3n) is 2.58. The van der Waals surface area contributed by atoms with E-state index in [2.05, 4.69) is 15.5 Å². The van der Waals surface area contributed by atoms with Crippen molar-refractivity contribution in [2.45, 2.75) is 44.6 Å². The highest BCUT2D eigenvalue weighted by Gasteiger charge is 2.23. The van der Waals surface area contributed by atoms with Crippen LogP contribution < -0.4 is 5.32 Å². The van der Waals surface area contributed by atoms with Crippen molar-refractivity contribution in [1.29, 1.82) is 0 Å². The summed E-state index contributed by atoms with van der Waals surface area (Å²) >= 11 is 1.53. The quantitative estimate of drug-likeness (QED) is 0.728. The van der Waals surface area contributed by atoms with Crippen LogP contribution in [0.15, 0.2) is 6.33 Å². The Morgan fingerprint density at radius 1 is 1.50 bits per heavy atom. The Bertz CT molecular complexity index is 512. The molecule has 0 saturated carbocycles. The number of aryl methyl sites for hydroxylation is 1. The molecule has 0 aromatic carbocycles. The van der Waals surface area contributed by atoms with Gasteiger partial charge in [0.25, 0.3) is 0 Å². The van der Waals surface area contributed by atoms with E-state index in [-0.39, 0.29) is 0 Å². The topological polar surface area (TPSA) is 106 Å². The number of carboxylic acids is 1. The molecule has 1 rings (SSSR count). The molecule has 1 heterocycles. The van der Waals surface area contributed by atoms with Gasteiger partial charge in [0.2, 0.25) is 0 Å². The third-order valence-corrected chi connectivity index (χ3v) is 3.56. The maximum atomic E-state index is 11.6. The molecular formula is C13H22N4O4S. The monoisotopic (exact) mass is 330 g/mol. The Labute approximate surface area is 133 Å². The number of hydrogen-bond donors (Lipinski definition) is 2. The number of aliphatic carboxylic acids is 1. The van der Waals surface area contributed by atoms with Crippen molar-refractivity contribution in [2.24, 2.45) is 7.05 Å². The van der Waals surface area contributed by atoms with Gasteiger partial charge in [-0.1, -0.05) is 0 Å². The lowest BCUT2D eigenvalue weighted by Gasteiger charge is -2.21. The number of thioether (sulfide) groups is 1. The SMILES string of the molecule is Cn1cnnc1CSCCC(NC(=O)OC(C)(C)C)C(=O)O. The minimum atomic E-state index is -1.08. The van der Waals surface area contributed by atoms with E-state index < -0.39 is 23.7 Å². The number of nitrogens with one attached hydrogen (secondary N) is 1. The molecule has 1 amide bonds. The van der Waals surface area contributed by atoms with Gasteiger partial charge in [0, 0.05) is 7.05 Å². The first kappa shape index (κ1) is 18.3. The van der Waals surface area contributed by atoms with Crippen LogP contribution in [0.5, 0.6) is 0 Å². The van der Waals surface area contributed by atoms with Gasteiger partial charge in [-0.25, -0.2) is 9.59 Å². The van der Waals surface area contributed by atoms with Crippen LogP contribution in [0.2, 0.25) is 0 Å². The Morgan fingerprint density at radius 2 is 2.18 bits per heavy atom. The summed E-state index contributed by atoms with van der Waals surface area (Å²) in [5, 5.41) is 19.2. The molecule has 124 valence electrons. The van der Waals surface area contributed by atoms with Crippen LogP contribution in [0.4, 0.5) is 4.79 Å². The molecule has 0 fully saturated rings. The number of ether oxygens (including phenoxy) is 1. The smallest absolute Gasteiger partial charge is 0.408 e. The number of aromatic nitrogens is 3. The van der Waals surface area contributed by atoms with E-state index in [0.717, 1.165) is 5.82 Å². The van der Waals surface area contributed by atoms with Crippen molar-refractivity contribution in [2.75, 3.05) is 5.75 Å². The summed E-state index contributed by atoms with van der Waals surface area (Å²) in [5.41, 5.74) is -0.660. The molecule has 9 heteroatoms. The first-order valence-electron chi connectivity index (χ1n) is 6.82. The Morgan fingerprint density at radius 3 is 2.68 bits per heavy atom. The summed E-state index contributed by atoms with van der Waals surface area (Å²) in [5.74, 6) is 0.941. The standard InChI is InChI=1S/C13H22N4O4S/c1-13(2,3)21-12(20)15-9(11(18)19)5-6-22-7-10-16-14-8-17(10)4/h8-9H,5-7H2,1-4H3,(H,15,20)(H,18,19). The van der Waals surface area contributed by atoms with Gasteiger partial charge < -0.3 is 19.7 Å². The molecule has 22 heavy (non-hydrogen) atoms. The van der Waals surface area contributed by atoms with Gasteiger partial charge in [-0.2, -0.15) is 11.8 Å². The zero-order valence-corrected chi connectivity index (χ0v) is 14.0. The predicted octanol–water partition coefficient (Wildman–Crippen LogP) is 1.42. The fourth-order valence-corrected chi connectivity index (χ4v) is 2.50. The van der Waals surface area contributed by atoms with Crippen LogP contribution in [0.3, 0.4) is 0 Å². The van der Waals surface area contributed by atoms with Crippen LogP contribution in [0.25, 0.3) is 0 Å². The first-order valence-corrected chi connectivity index (χ1v) is 7.97. The van der Waals surface area contributed by atoms with Crippen LogP contribution in [0.1, 0.15) is 33.0 Å². The zero-order chi connectivity index (χ0) is 16.8. The van der Waals surface area contributed by atoms with Crippen molar-refractivity contribution >= 4 is 23.8 Å². The van der Waals surface area contributed by atoms with Gasteiger partial charge in [-0.05, 0) is 32.9 Å². The van der Waals surface area contributed by atoms with Crippen molar-refractivity contribution in [3.05, 3.63) is 12.2 Å². The van der Waals surface area contributed by atoms with E-state index in [1.165, 1.54) is 11.8 Å². The van der Waals surface area contributed by atoms with Gasteiger partial charge >= 0.3 is 12.1 Å². The second kappa shape index (κ2) is 8.02. The normalized spacial score (nSPS) is 12.7. The maximum absolute atomic E-state index is 11.6. The van der Waals surface area contributed by atoms with Crippen molar-refractivity contribution in [3.8, 4) is 0 Å². The number of carbonyl (C=O) groups excluding carboxylic acids is 1. The van der Waals surface area contributed by atoms with Crippen molar-refractivity contribution in [1.82, 2.24) is 20.1 Å². The highest BCUT2D eigenvalue weighted by molar-refractivity contribution is 7.98. The molecule has 0 saturated heterocycles. The van der Waals surface area contributed by atoms with E-state index in [9.17, 15) is 9.59 Å². The lowest BCUT2D eigenvalue weighted by Crippen LogP contribution is -2.43. The summed E-state index contributed by atoms with van der Waals surface area (Å²) in [6, 6.07) is -0.971. The molecule has 0 aliphatic heterocycles. The van der Waals surface area contributed by atoms with Gasteiger partial charge in [-0.15, -0.1) is 10.2 Å². The molecule has 0 radical (unpaired) electrons. The molecule has 0 spiro atoms. The average Bonchev–Trinajstić information content (AvgIpc) is 2.76. The van der Waals surface area contributed by atoms with E-state index in [4.69, 9.17) is 9.84 Å². The van der Waals surface area contributed by atoms with Crippen LogP contribution >= 0.6 is 11.8 Å². The molecule has 0 aliphatic carbocycles. The second-order valence-electron chi connectivity index (χ2n) is 5.74. The minimum Gasteiger partial charge on any atom is -0.480 e. The number of alkyl carbamates (subject to hydrolysis) is 1. The predicted molar refractivity (Wildman–Crippen MR) is 82.6 cm³/mol. The number of carbonyl (C=O) groups is 2. The van der Waals surface area contributed by atoms with E-state index in [1.54, 1.807) is 31.7 Å². The number of amides is 1. The second-order valence-corrected chi connectivity index (χ2v) is 6.84. The molecule has 1 aromatic heterocycles. The largest absolute Gasteiger partial charge is 0.480 e. The molecule has 1 atom stereocenters. The molecule has 0 bridgehead atoms. The highest BCUT2D eigenvalue weighted by Crippen LogP contribution is 2.12. The molecule has 8 nitrogen and oxygen atoms in total. The summed E-state index contributed by atoms with van der Waals surface area (Å²) < 4.78 is 6.86. The average molecular weight is 330 g/mol. The molecule has 1 aromatic rings. The van der Waals surface area contributed by atoms with Gasteiger partial charge in [0.15, 0.2) is 0 Å². The zero-order valence-electron chi connectivity index (χ0n) is 13.2. The van der Waals surface area contributed by atoms with Gasteiger partial charge in [0.1, 0.15) is 23.8 Å². The molecule has 1 unspecified atom stereocenters. The molecule has 2 N–H and O–H groups in total. The highest BCUT2D eigenvalue weighted by atomic mass is 32.2. The Balaban J connectivity index is 2.37. The van der Waals surface area contributed by atoms with Crippen LogP contribution in [0, 0.1) is 0 Å². The van der Waals surface area contributed by atoms with Crippen molar-refractivity contribution in [3.63, 3.8) is 0 Å². The van der Waals surface area contributed by atoms with E-state index in [0.29, 0.717) is 17.9 Å². The van der Waals surface area contributed by atoms with E-state index in [1.807, 2.05) is 7.05 Å². The number of nitrogens with zero attached hydrogens (tertiary/aromatic N) is 3. The fourth-order valence-electron chi connectivity index (χ4n) is 1.51. The van der Waals surface area contributed by atoms with Crippen molar-refractivity contribution < 1.29 is 19.4 Å². The first-order chi connectivity index (χ1) is 10.2. The maximum Gasteiger partial charge on any atom is 0.408 e. The molecule has 0 aliphatic rings. The molecular weight excluding hydrogens is 308 g/mol. The third kappa shape index (κ3) is 6.79. The summed E-state index contributed by atoms with van der Waals surface area (Å²) in [4.78, 5) is 22.8. The summed E-state index contributed by atoms with van der Waals surface area (Å²) in [7, 11) is 1.85. The van der Waals surface area contributed by atoms with Crippen LogP contribution in [-0.4, -0.2) is 49.3 Å².